The Balaban J connectivity index is 3.58. The van der Waals surface area contributed by atoms with E-state index in [9.17, 15) is 0 Å². The second-order valence-corrected chi connectivity index (χ2v) is 4.66. The first-order valence-electron chi connectivity index (χ1n) is 5.64. The van der Waals surface area contributed by atoms with E-state index in [0.29, 0.717) is 11.7 Å². The number of hydrogen-bond donors (Lipinski definition) is 2. The molecule has 0 rings (SSSR count). The van der Waals surface area contributed by atoms with Crippen LogP contribution in [0.1, 0.15) is 27.2 Å². The summed E-state index contributed by atoms with van der Waals surface area (Å²) in [6.45, 7) is 9.07. The third-order valence-corrected chi connectivity index (χ3v) is 2.16. The van der Waals surface area contributed by atoms with Crippen molar-refractivity contribution in [1.29, 1.82) is 0 Å². The molecule has 0 aliphatic carbocycles. The highest BCUT2D eigenvalue weighted by molar-refractivity contribution is 7.80. The fraction of sp³-hybridized carbons (Fsp3) is 0.909. The summed E-state index contributed by atoms with van der Waals surface area (Å²) < 4.78 is 10.3. The van der Waals surface area contributed by atoms with Crippen molar-refractivity contribution < 1.29 is 9.47 Å². The Morgan fingerprint density at radius 3 is 2.62 bits per heavy atom. The van der Waals surface area contributed by atoms with Crippen LogP contribution in [0.5, 0.6) is 0 Å². The van der Waals surface area contributed by atoms with E-state index in [-0.39, 0.29) is 5.54 Å². The van der Waals surface area contributed by atoms with Gasteiger partial charge in [0.1, 0.15) is 0 Å². The molecule has 0 fully saturated rings. The van der Waals surface area contributed by atoms with Crippen LogP contribution in [0.15, 0.2) is 0 Å². The van der Waals surface area contributed by atoms with Crippen LogP contribution in [-0.4, -0.2) is 44.1 Å². The quantitative estimate of drug-likeness (QED) is 0.501. The Bertz CT molecular complexity index is 198. The third-order valence-electron chi connectivity index (χ3n) is 1.91. The lowest BCUT2D eigenvalue weighted by atomic mass is 10.1. The van der Waals surface area contributed by atoms with Crippen molar-refractivity contribution in [2.75, 3.05) is 33.5 Å². The van der Waals surface area contributed by atoms with Gasteiger partial charge in [-0.05, 0) is 39.4 Å². The van der Waals surface area contributed by atoms with E-state index in [0.717, 1.165) is 26.2 Å². The average Bonchev–Trinajstić information content (AvgIpc) is 2.16. The molecular weight excluding hydrogens is 224 g/mol. The van der Waals surface area contributed by atoms with Crippen LogP contribution in [0.3, 0.4) is 0 Å². The van der Waals surface area contributed by atoms with E-state index >= 15 is 0 Å². The summed E-state index contributed by atoms with van der Waals surface area (Å²) in [6.07, 6.45) is 0.959. The van der Waals surface area contributed by atoms with E-state index in [4.69, 9.17) is 21.7 Å². The molecule has 5 heteroatoms. The molecule has 0 bridgehead atoms. The van der Waals surface area contributed by atoms with Crippen LogP contribution in [0.4, 0.5) is 0 Å². The first kappa shape index (κ1) is 15.6. The van der Waals surface area contributed by atoms with Gasteiger partial charge in [-0.3, -0.25) is 0 Å². The number of rotatable bonds is 8. The highest BCUT2D eigenvalue weighted by Gasteiger charge is 2.17. The Morgan fingerprint density at radius 1 is 1.38 bits per heavy atom. The van der Waals surface area contributed by atoms with Crippen molar-refractivity contribution >= 4 is 17.3 Å². The van der Waals surface area contributed by atoms with Crippen LogP contribution in [0, 0.1) is 0 Å². The van der Waals surface area contributed by atoms with Crippen molar-refractivity contribution in [3.8, 4) is 0 Å². The Kier molecular flexibility index (Phi) is 8.51. The van der Waals surface area contributed by atoms with Crippen molar-refractivity contribution in [2.24, 2.45) is 0 Å². The number of hydrogen-bond acceptors (Lipinski definition) is 3. The lowest BCUT2D eigenvalue weighted by molar-refractivity contribution is 0.139. The molecule has 4 nitrogen and oxygen atoms in total. The van der Waals surface area contributed by atoms with Gasteiger partial charge in [-0.1, -0.05) is 0 Å². The molecule has 0 aromatic carbocycles. The monoisotopic (exact) mass is 248 g/mol. The van der Waals surface area contributed by atoms with Crippen molar-refractivity contribution in [1.82, 2.24) is 10.6 Å². The van der Waals surface area contributed by atoms with Gasteiger partial charge in [0.25, 0.3) is 0 Å². The minimum absolute atomic E-state index is 0.140. The zero-order valence-electron chi connectivity index (χ0n) is 10.8. The topological polar surface area (TPSA) is 42.5 Å². The molecule has 0 aliphatic heterocycles. The van der Waals surface area contributed by atoms with Gasteiger partial charge in [0.15, 0.2) is 5.11 Å². The van der Waals surface area contributed by atoms with Crippen LogP contribution in [-0.2, 0) is 9.47 Å². The van der Waals surface area contributed by atoms with E-state index in [1.165, 1.54) is 0 Å². The number of ether oxygens (including phenoxy) is 2. The smallest absolute Gasteiger partial charge is 0.166 e. The van der Waals surface area contributed by atoms with Gasteiger partial charge in [-0.15, -0.1) is 0 Å². The van der Waals surface area contributed by atoms with Gasteiger partial charge in [0, 0.05) is 26.9 Å². The lowest BCUT2D eigenvalue weighted by Gasteiger charge is -2.27. The fourth-order valence-corrected chi connectivity index (χ4v) is 1.65. The normalized spacial score (nSPS) is 11.2. The van der Waals surface area contributed by atoms with E-state index in [2.05, 4.69) is 10.6 Å². The maximum Gasteiger partial charge on any atom is 0.166 e. The molecule has 0 saturated heterocycles. The first-order chi connectivity index (χ1) is 7.52. The van der Waals surface area contributed by atoms with E-state index in [1.807, 2.05) is 20.8 Å². The van der Waals surface area contributed by atoms with Gasteiger partial charge in [0.05, 0.1) is 12.1 Å². The Hall–Kier alpha value is -0.390. The third kappa shape index (κ3) is 8.88. The second kappa shape index (κ2) is 8.73. The SMILES string of the molecule is CCOCCCNC(=S)NC(C)(C)COC. The number of nitrogens with one attached hydrogen (secondary N) is 2. The summed E-state index contributed by atoms with van der Waals surface area (Å²) in [5.41, 5.74) is -0.140. The molecule has 96 valence electrons. The van der Waals surface area contributed by atoms with Crippen molar-refractivity contribution in [2.45, 2.75) is 32.7 Å². The molecule has 0 saturated carbocycles. The van der Waals surface area contributed by atoms with Crippen LogP contribution < -0.4 is 10.6 Å². The molecule has 0 atom stereocenters. The molecule has 0 aromatic rings. The van der Waals surface area contributed by atoms with Gasteiger partial charge in [-0.25, -0.2) is 0 Å². The van der Waals surface area contributed by atoms with Crippen LogP contribution >= 0.6 is 12.2 Å². The first-order valence-corrected chi connectivity index (χ1v) is 6.05. The standard InChI is InChI=1S/C11H24N2O2S/c1-5-15-8-6-7-12-10(16)13-11(2,3)9-14-4/h5-9H2,1-4H3,(H2,12,13,16). The zero-order valence-corrected chi connectivity index (χ0v) is 11.6. The van der Waals surface area contributed by atoms with Crippen LogP contribution in [0.2, 0.25) is 0 Å². The fourth-order valence-electron chi connectivity index (χ4n) is 1.27. The highest BCUT2D eigenvalue weighted by Crippen LogP contribution is 2.01. The summed E-state index contributed by atoms with van der Waals surface area (Å²) in [5.74, 6) is 0. The largest absolute Gasteiger partial charge is 0.382 e. The molecule has 0 unspecified atom stereocenters. The molecule has 0 spiro atoms. The molecule has 0 radical (unpaired) electrons. The van der Waals surface area contributed by atoms with Gasteiger partial charge in [-0.2, -0.15) is 0 Å². The minimum atomic E-state index is -0.140. The van der Waals surface area contributed by atoms with Gasteiger partial charge < -0.3 is 20.1 Å². The maximum atomic E-state index is 5.23. The zero-order chi connectivity index (χ0) is 12.4. The van der Waals surface area contributed by atoms with Gasteiger partial charge in [0.2, 0.25) is 0 Å². The maximum absolute atomic E-state index is 5.23. The summed E-state index contributed by atoms with van der Waals surface area (Å²) >= 11 is 5.18. The Morgan fingerprint density at radius 2 is 2.06 bits per heavy atom. The van der Waals surface area contributed by atoms with E-state index in [1.54, 1.807) is 7.11 Å². The molecule has 0 aromatic heterocycles. The molecule has 2 N–H and O–H groups in total. The van der Waals surface area contributed by atoms with Crippen molar-refractivity contribution in [3.05, 3.63) is 0 Å². The molecule has 16 heavy (non-hydrogen) atoms. The predicted molar refractivity (Wildman–Crippen MR) is 70.8 cm³/mol. The number of methoxy groups -OCH3 is 1. The van der Waals surface area contributed by atoms with E-state index < -0.39 is 0 Å². The summed E-state index contributed by atoms with van der Waals surface area (Å²) in [6, 6.07) is 0. The molecular formula is C11H24N2O2S. The van der Waals surface area contributed by atoms with Crippen LogP contribution in [0.25, 0.3) is 0 Å². The molecule has 0 amide bonds. The summed E-state index contributed by atoms with van der Waals surface area (Å²) in [5, 5.41) is 7.01. The molecule has 0 heterocycles. The summed E-state index contributed by atoms with van der Waals surface area (Å²) in [4.78, 5) is 0. The minimum Gasteiger partial charge on any atom is -0.382 e. The molecule has 0 aliphatic rings. The lowest BCUT2D eigenvalue weighted by Crippen LogP contribution is -2.50. The predicted octanol–water partition coefficient (Wildman–Crippen LogP) is 1.30. The number of thiocarbonyl (C=S) groups is 1. The second-order valence-electron chi connectivity index (χ2n) is 4.25. The average molecular weight is 248 g/mol. The summed E-state index contributed by atoms with van der Waals surface area (Å²) in [7, 11) is 1.68. The highest BCUT2D eigenvalue weighted by atomic mass is 32.1. The van der Waals surface area contributed by atoms with Crippen molar-refractivity contribution in [3.63, 3.8) is 0 Å². The van der Waals surface area contributed by atoms with Gasteiger partial charge >= 0.3 is 0 Å². The Labute approximate surface area is 104 Å².